The molecule has 0 aliphatic heterocycles. The molecule has 32 heavy (non-hydrogen) atoms. The normalized spacial score (nSPS) is 12.0. The van der Waals surface area contributed by atoms with Crippen LogP contribution in [0.5, 0.6) is 23.0 Å². The van der Waals surface area contributed by atoms with Crippen LogP contribution in [-0.2, 0) is 18.1 Å². The minimum atomic E-state index is -4.41. The average Bonchev–Trinajstić information content (AvgIpc) is 3.05. The molecule has 0 aliphatic rings. The maximum absolute atomic E-state index is 11.8. The van der Waals surface area contributed by atoms with Crippen LogP contribution in [0.25, 0.3) is 11.3 Å². The van der Waals surface area contributed by atoms with Gasteiger partial charge in [0, 0.05) is 39.9 Å². The van der Waals surface area contributed by atoms with Gasteiger partial charge >= 0.3 is 0 Å². The quantitative estimate of drug-likeness (QED) is 0.457. The Morgan fingerprint density at radius 1 is 1.00 bits per heavy atom. The van der Waals surface area contributed by atoms with Crippen molar-refractivity contribution in [3.63, 3.8) is 0 Å². The van der Waals surface area contributed by atoms with Crippen molar-refractivity contribution in [3.05, 3.63) is 41.6 Å². The first-order valence-corrected chi connectivity index (χ1v) is 13.2. The Morgan fingerprint density at radius 2 is 1.66 bits per heavy atom. The third-order valence-corrected chi connectivity index (χ3v) is 7.00. The van der Waals surface area contributed by atoms with Crippen molar-refractivity contribution in [2.24, 2.45) is 0 Å². The smallest absolute Gasteiger partial charge is 0.265 e. The zero-order valence-corrected chi connectivity index (χ0v) is 19.6. The molecule has 3 rings (SSSR count). The molecule has 0 fully saturated rings. The van der Waals surface area contributed by atoms with E-state index in [1.54, 1.807) is 0 Å². The van der Waals surface area contributed by atoms with E-state index in [1.807, 2.05) is 0 Å². The second-order valence-electron chi connectivity index (χ2n) is 6.21. The maximum Gasteiger partial charge on any atom is 0.265 e. The average molecular weight is 542 g/mol. The van der Waals surface area contributed by atoms with Crippen molar-refractivity contribution in [2.45, 2.75) is 16.7 Å². The maximum atomic E-state index is 11.8. The van der Waals surface area contributed by atoms with Crippen LogP contribution in [0.4, 0.5) is 0 Å². The number of benzene rings is 2. The lowest BCUT2D eigenvalue weighted by Crippen LogP contribution is -2.05. The monoisotopic (exact) mass is 540 g/mol. The predicted octanol–water partition coefficient (Wildman–Crippen LogP) is 3.92. The molecule has 2 N–H and O–H groups in total. The fraction of sp³-hybridized carbons (Fsp3) is 0.0588. The molecule has 1 heterocycles. The molecule has 0 aliphatic carbocycles. The minimum Gasteiger partial charge on any atom is -0.507 e. The van der Waals surface area contributed by atoms with E-state index < -0.39 is 40.4 Å². The fourth-order valence-corrected chi connectivity index (χ4v) is 4.56. The number of rotatable bonds is 5. The first kappa shape index (κ1) is 24.1. The summed E-state index contributed by atoms with van der Waals surface area (Å²) in [5.74, 6) is -2.19. The Morgan fingerprint density at radius 3 is 2.19 bits per heavy atom. The van der Waals surface area contributed by atoms with Crippen LogP contribution in [0.2, 0.25) is 5.02 Å². The molecule has 3 aromatic rings. The lowest BCUT2D eigenvalue weighted by Gasteiger charge is -2.10. The Hall–Kier alpha value is -2.51. The number of phenols is 2. The van der Waals surface area contributed by atoms with E-state index in [1.165, 1.54) is 13.0 Å². The van der Waals surface area contributed by atoms with Crippen molar-refractivity contribution in [3.8, 4) is 34.3 Å². The summed E-state index contributed by atoms with van der Waals surface area (Å²) in [6, 6.07) is 4.92. The fourth-order valence-electron chi connectivity index (χ4n) is 2.56. The lowest BCUT2D eigenvalue weighted by atomic mass is 10.1. The standard InChI is InChI=1S/C17H11Cl3N2O8S2/c1-8(23)22-7-15(30-14-3-2-9(4-11(14)18)31(19,26)27)17(21-22)10-5-16(32(20,28)29)13(25)6-12(10)24/h2-7,24-25H,1H3. The van der Waals surface area contributed by atoms with Gasteiger partial charge in [-0.3, -0.25) is 4.79 Å². The highest BCUT2D eigenvalue weighted by atomic mass is 35.7. The molecule has 0 atom stereocenters. The van der Waals surface area contributed by atoms with Gasteiger partial charge in [0.05, 0.1) is 16.1 Å². The summed E-state index contributed by atoms with van der Waals surface area (Å²) >= 11 is 6.07. The number of carbonyl (C=O) groups is 1. The molecule has 0 amide bonds. The van der Waals surface area contributed by atoms with Crippen molar-refractivity contribution in [1.82, 2.24) is 9.78 Å². The van der Waals surface area contributed by atoms with Crippen LogP contribution in [-0.4, -0.2) is 42.7 Å². The van der Waals surface area contributed by atoms with Crippen molar-refractivity contribution in [2.75, 3.05) is 0 Å². The number of hydrogen-bond acceptors (Lipinski definition) is 9. The number of phenolic OH excluding ortho intramolecular Hbond substituents is 2. The van der Waals surface area contributed by atoms with Crippen molar-refractivity contribution >= 4 is 57.0 Å². The Labute approximate surface area is 195 Å². The third kappa shape index (κ3) is 4.94. The number of aromatic nitrogens is 2. The second-order valence-corrected chi connectivity index (χ2v) is 11.7. The van der Waals surface area contributed by atoms with Gasteiger partial charge in [-0.2, -0.15) is 5.10 Å². The molecule has 0 saturated carbocycles. The van der Waals surface area contributed by atoms with Gasteiger partial charge < -0.3 is 14.9 Å². The Kier molecular flexibility index (Phi) is 6.37. The lowest BCUT2D eigenvalue weighted by molar-refractivity contribution is 0.0921. The summed E-state index contributed by atoms with van der Waals surface area (Å²) in [6.45, 7) is 1.18. The summed E-state index contributed by atoms with van der Waals surface area (Å²) < 4.78 is 52.9. The van der Waals surface area contributed by atoms with E-state index in [0.717, 1.165) is 35.1 Å². The van der Waals surface area contributed by atoms with Crippen LogP contribution in [0, 0.1) is 0 Å². The molecule has 0 radical (unpaired) electrons. The van der Waals surface area contributed by atoms with Gasteiger partial charge in [-0.15, -0.1) is 0 Å². The summed E-state index contributed by atoms with van der Waals surface area (Å²) in [6.07, 6.45) is 1.13. The molecule has 0 saturated heterocycles. The van der Waals surface area contributed by atoms with Gasteiger partial charge in [0.1, 0.15) is 27.8 Å². The summed E-state index contributed by atoms with van der Waals surface area (Å²) in [5, 5.41) is 23.9. The van der Waals surface area contributed by atoms with Gasteiger partial charge in [0.15, 0.2) is 5.75 Å². The summed E-state index contributed by atoms with van der Waals surface area (Å²) in [5.41, 5.74) is -0.447. The van der Waals surface area contributed by atoms with Gasteiger partial charge in [-0.05, 0) is 24.3 Å². The molecular formula is C17H11Cl3N2O8S2. The number of aromatic hydroxyl groups is 2. The zero-order valence-electron chi connectivity index (χ0n) is 15.7. The summed E-state index contributed by atoms with van der Waals surface area (Å²) in [4.78, 5) is 10.8. The number of carbonyl (C=O) groups excluding carboxylic acids is 1. The molecule has 15 heteroatoms. The topological polar surface area (TPSA) is 153 Å². The second kappa shape index (κ2) is 8.45. The van der Waals surface area contributed by atoms with Crippen LogP contribution in [0.1, 0.15) is 11.7 Å². The van der Waals surface area contributed by atoms with Crippen LogP contribution in [0.15, 0.2) is 46.3 Å². The zero-order chi connectivity index (χ0) is 24.0. The summed E-state index contributed by atoms with van der Waals surface area (Å²) in [7, 11) is 2.13. The molecule has 0 spiro atoms. The van der Waals surface area contributed by atoms with E-state index in [2.05, 4.69) is 5.10 Å². The SMILES string of the molecule is CC(=O)n1cc(Oc2ccc(S(=O)(=O)Cl)cc2Cl)c(-c2cc(S(=O)(=O)Cl)c(O)cc2O)n1. The predicted molar refractivity (Wildman–Crippen MR) is 115 cm³/mol. The molecule has 170 valence electrons. The molecule has 2 aromatic carbocycles. The highest BCUT2D eigenvalue weighted by Crippen LogP contribution is 2.43. The van der Waals surface area contributed by atoms with Gasteiger partial charge in [0.25, 0.3) is 18.1 Å². The van der Waals surface area contributed by atoms with E-state index in [0.29, 0.717) is 0 Å². The van der Waals surface area contributed by atoms with E-state index in [-0.39, 0.29) is 32.7 Å². The highest BCUT2D eigenvalue weighted by Gasteiger charge is 2.25. The first-order valence-electron chi connectivity index (χ1n) is 8.22. The van der Waals surface area contributed by atoms with Crippen molar-refractivity contribution < 1.29 is 36.6 Å². The van der Waals surface area contributed by atoms with Gasteiger partial charge in [-0.25, -0.2) is 21.5 Å². The van der Waals surface area contributed by atoms with E-state index >= 15 is 0 Å². The molecule has 1 aromatic heterocycles. The van der Waals surface area contributed by atoms with E-state index in [4.69, 9.17) is 37.7 Å². The Bertz CT molecular complexity index is 1470. The van der Waals surface area contributed by atoms with Crippen molar-refractivity contribution in [1.29, 1.82) is 0 Å². The van der Waals surface area contributed by atoms with Gasteiger partial charge in [-0.1, -0.05) is 11.6 Å². The third-order valence-electron chi connectivity index (χ3n) is 4.00. The van der Waals surface area contributed by atoms with E-state index in [9.17, 15) is 31.8 Å². The van der Waals surface area contributed by atoms with Crippen LogP contribution in [0.3, 0.4) is 0 Å². The molecular weight excluding hydrogens is 531 g/mol. The van der Waals surface area contributed by atoms with Gasteiger partial charge in [0.2, 0.25) is 5.91 Å². The molecule has 10 nitrogen and oxygen atoms in total. The molecule has 0 unspecified atom stereocenters. The Balaban J connectivity index is 2.18. The first-order chi connectivity index (χ1) is 14.7. The van der Waals surface area contributed by atoms with Crippen LogP contribution >= 0.6 is 33.0 Å². The number of halogens is 3. The number of nitrogens with zero attached hydrogens (tertiary/aromatic N) is 2. The molecule has 0 bridgehead atoms. The number of hydrogen-bond donors (Lipinski definition) is 2. The minimum absolute atomic E-state index is 0.0662. The van der Waals surface area contributed by atoms with Crippen LogP contribution < -0.4 is 4.74 Å². The largest absolute Gasteiger partial charge is 0.507 e. The number of ether oxygens (including phenoxy) is 1. The highest BCUT2D eigenvalue weighted by molar-refractivity contribution is 8.14.